The first-order valence-electron chi connectivity index (χ1n) is 6.59. The third-order valence-electron chi connectivity index (χ3n) is 2.81. The number of anilines is 2. The van der Waals surface area contributed by atoms with Crippen molar-refractivity contribution in [3.05, 3.63) is 41.0 Å². The van der Waals surface area contributed by atoms with E-state index in [0.717, 1.165) is 4.47 Å². The normalized spacial score (nSPS) is 11.7. The fraction of sp³-hybridized carbons (Fsp3) is 0.214. The Morgan fingerprint density at radius 1 is 1.41 bits per heavy atom. The zero-order valence-corrected chi connectivity index (χ0v) is 13.5. The van der Waals surface area contributed by atoms with Crippen LogP contribution in [0.4, 0.5) is 11.5 Å². The van der Waals surface area contributed by atoms with Crippen molar-refractivity contribution in [1.82, 2.24) is 9.78 Å². The number of hydrogen-bond acceptors (Lipinski definition) is 4. The SMILES string of the molecule is CC(Nc1ccn(CC(N)=O)n1)C(=O)Nc1cccc(Br)c1. The molecule has 0 spiro atoms. The van der Waals surface area contributed by atoms with Crippen molar-refractivity contribution >= 4 is 39.2 Å². The summed E-state index contributed by atoms with van der Waals surface area (Å²) < 4.78 is 2.29. The van der Waals surface area contributed by atoms with Gasteiger partial charge >= 0.3 is 0 Å². The summed E-state index contributed by atoms with van der Waals surface area (Å²) in [6, 6.07) is 8.51. The van der Waals surface area contributed by atoms with Crippen molar-refractivity contribution in [3.63, 3.8) is 0 Å². The molecule has 2 amide bonds. The predicted octanol–water partition coefficient (Wildman–Crippen LogP) is 1.57. The first-order valence-corrected chi connectivity index (χ1v) is 7.38. The molecule has 1 unspecified atom stereocenters. The lowest BCUT2D eigenvalue weighted by Crippen LogP contribution is -2.32. The summed E-state index contributed by atoms with van der Waals surface area (Å²) in [6.45, 7) is 1.72. The van der Waals surface area contributed by atoms with E-state index in [1.54, 1.807) is 25.3 Å². The van der Waals surface area contributed by atoms with E-state index in [1.165, 1.54) is 4.68 Å². The van der Waals surface area contributed by atoms with E-state index in [0.29, 0.717) is 11.5 Å². The van der Waals surface area contributed by atoms with Crippen LogP contribution in [-0.2, 0) is 16.1 Å². The van der Waals surface area contributed by atoms with E-state index in [2.05, 4.69) is 31.7 Å². The minimum atomic E-state index is -0.490. The topological polar surface area (TPSA) is 102 Å². The molecular formula is C14H16BrN5O2. The molecule has 0 saturated carbocycles. The lowest BCUT2D eigenvalue weighted by molar-refractivity contribution is -0.119. The number of hydrogen-bond donors (Lipinski definition) is 3. The molecule has 0 aliphatic carbocycles. The summed E-state index contributed by atoms with van der Waals surface area (Å²) in [5.74, 6) is -0.171. The van der Waals surface area contributed by atoms with Crippen molar-refractivity contribution in [2.75, 3.05) is 10.6 Å². The summed E-state index contributed by atoms with van der Waals surface area (Å²) >= 11 is 3.35. The molecule has 0 bridgehead atoms. The standard InChI is InChI=1S/C14H16BrN5O2/c1-9(14(22)18-11-4-2-3-10(15)7-11)17-13-5-6-20(19-13)8-12(16)21/h2-7,9H,8H2,1H3,(H2,16,21)(H,17,19)(H,18,22). The molecule has 4 N–H and O–H groups in total. The molecule has 0 aliphatic rings. The number of nitrogens with one attached hydrogen (secondary N) is 2. The molecule has 116 valence electrons. The minimum absolute atomic E-state index is 0.000297. The Hall–Kier alpha value is -2.35. The fourth-order valence-corrected chi connectivity index (χ4v) is 2.19. The Labute approximate surface area is 136 Å². The summed E-state index contributed by atoms with van der Waals surface area (Å²) in [7, 11) is 0. The Kier molecular flexibility index (Phi) is 5.16. The van der Waals surface area contributed by atoms with E-state index in [4.69, 9.17) is 5.73 Å². The van der Waals surface area contributed by atoms with Crippen LogP contribution in [0.3, 0.4) is 0 Å². The van der Waals surface area contributed by atoms with Gasteiger partial charge in [-0.1, -0.05) is 22.0 Å². The maximum atomic E-state index is 12.1. The van der Waals surface area contributed by atoms with Crippen LogP contribution in [0.1, 0.15) is 6.92 Å². The van der Waals surface area contributed by atoms with Gasteiger partial charge in [-0.25, -0.2) is 0 Å². The monoisotopic (exact) mass is 365 g/mol. The van der Waals surface area contributed by atoms with Crippen LogP contribution in [0, 0.1) is 0 Å². The zero-order chi connectivity index (χ0) is 16.1. The number of nitrogens with zero attached hydrogens (tertiary/aromatic N) is 2. The smallest absolute Gasteiger partial charge is 0.246 e. The third-order valence-corrected chi connectivity index (χ3v) is 3.30. The number of carbonyl (C=O) groups is 2. The number of aromatic nitrogens is 2. The second-order valence-electron chi connectivity index (χ2n) is 4.73. The van der Waals surface area contributed by atoms with Crippen molar-refractivity contribution in [1.29, 1.82) is 0 Å². The molecule has 0 radical (unpaired) electrons. The highest BCUT2D eigenvalue weighted by atomic mass is 79.9. The summed E-state index contributed by atoms with van der Waals surface area (Å²) in [4.78, 5) is 22.9. The van der Waals surface area contributed by atoms with E-state index >= 15 is 0 Å². The molecule has 1 aromatic heterocycles. The van der Waals surface area contributed by atoms with Gasteiger partial charge in [0.25, 0.3) is 0 Å². The van der Waals surface area contributed by atoms with Crippen LogP contribution in [-0.4, -0.2) is 27.6 Å². The number of nitrogens with two attached hydrogens (primary N) is 1. The van der Waals surface area contributed by atoms with Gasteiger partial charge in [-0.15, -0.1) is 0 Å². The van der Waals surface area contributed by atoms with E-state index in [1.807, 2.05) is 18.2 Å². The van der Waals surface area contributed by atoms with Crippen molar-refractivity contribution in [2.45, 2.75) is 19.5 Å². The second kappa shape index (κ2) is 7.08. The molecule has 8 heteroatoms. The van der Waals surface area contributed by atoms with Gasteiger partial charge in [-0.05, 0) is 25.1 Å². The van der Waals surface area contributed by atoms with Crippen LogP contribution in [0.5, 0.6) is 0 Å². The molecule has 7 nitrogen and oxygen atoms in total. The largest absolute Gasteiger partial charge is 0.368 e. The number of primary amides is 1. The maximum absolute atomic E-state index is 12.1. The van der Waals surface area contributed by atoms with Gasteiger partial charge in [0.1, 0.15) is 18.4 Å². The number of rotatable bonds is 6. The predicted molar refractivity (Wildman–Crippen MR) is 87.3 cm³/mol. The third kappa shape index (κ3) is 4.59. The van der Waals surface area contributed by atoms with E-state index < -0.39 is 11.9 Å². The minimum Gasteiger partial charge on any atom is -0.368 e. The van der Waals surface area contributed by atoms with Gasteiger partial charge < -0.3 is 16.4 Å². The highest BCUT2D eigenvalue weighted by molar-refractivity contribution is 9.10. The molecular weight excluding hydrogens is 350 g/mol. The van der Waals surface area contributed by atoms with Crippen molar-refractivity contribution < 1.29 is 9.59 Å². The maximum Gasteiger partial charge on any atom is 0.246 e. The summed E-state index contributed by atoms with van der Waals surface area (Å²) in [6.07, 6.45) is 1.62. The first kappa shape index (κ1) is 16.0. The van der Waals surface area contributed by atoms with Crippen LogP contribution in [0.2, 0.25) is 0 Å². The lowest BCUT2D eigenvalue weighted by Gasteiger charge is -2.13. The zero-order valence-electron chi connectivity index (χ0n) is 11.9. The Morgan fingerprint density at radius 3 is 2.86 bits per heavy atom. The quantitative estimate of drug-likeness (QED) is 0.722. The second-order valence-corrected chi connectivity index (χ2v) is 5.65. The average molecular weight is 366 g/mol. The van der Waals surface area contributed by atoms with Crippen molar-refractivity contribution in [3.8, 4) is 0 Å². The lowest BCUT2D eigenvalue weighted by atomic mass is 10.2. The number of halogens is 1. The Morgan fingerprint density at radius 2 is 2.18 bits per heavy atom. The Balaban J connectivity index is 1.93. The van der Waals surface area contributed by atoms with Crippen LogP contribution < -0.4 is 16.4 Å². The molecule has 2 rings (SSSR count). The summed E-state index contributed by atoms with van der Waals surface area (Å²) in [5, 5.41) is 9.88. The van der Waals surface area contributed by atoms with Gasteiger partial charge in [0.2, 0.25) is 11.8 Å². The van der Waals surface area contributed by atoms with Crippen LogP contribution >= 0.6 is 15.9 Å². The number of amides is 2. The van der Waals surface area contributed by atoms with E-state index in [-0.39, 0.29) is 12.5 Å². The molecule has 2 aromatic rings. The average Bonchev–Trinajstić information content (AvgIpc) is 2.85. The molecule has 1 aromatic carbocycles. The van der Waals surface area contributed by atoms with Crippen LogP contribution in [0.25, 0.3) is 0 Å². The van der Waals surface area contributed by atoms with Gasteiger partial charge in [-0.2, -0.15) is 5.10 Å². The van der Waals surface area contributed by atoms with Crippen molar-refractivity contribution in [2.24, 2.45) is 5.73 Å². The molecule has 0 fully saturated rings. The molecule has 1 heterocycles. The first-order chi connectivity index (χ1) is 10.4. The number of carbonyl (C=O) groups excluding carboxylic acids is 2. The molecule has 22 heavy (non-hydrogen) atoms. The van der Waals surface area contributed by atoms with Gasteiger partial charge in [0.15, 0.2) is 0 Å². The van der Waals surface area contributed by atoms with Gasteiger partial charge in [0.05, 0.1) is 0 Å². The molecule has 0 saturated heterocycles. The number of benzene rings is 1. The fourth-order valence-electron chi connectivity index (χ4n) is 1.79. The van der Waals surface area contributed by atoms with Gasteiger partial charge in [-0.3, -0.25) is 14.3 Å². The molecule has 1 atom stereocenters. The molecule has 0 aliphatic heterocycles. The summed E-state index contributed by atoms with van der Waals surface area (Å²) in [5.41, 5.74) is 5.79. The Bertz CT molecular complexity index is 685. The highest BCUT2D eigenvalue weighted by Gasteiger charge is 2.14. The van der Waals surface area contributed by atoms with Gasteiger partial charge in [0, 0.05) is 22.4 Å². The highest BCUT2D eigenvalue weighted by Crippen LogP contribution is 2.16. The van der Waals surface area contributed by atoms with E-state index in [9.17, 15) is 9.59 Å². The van der Waals surface area contributed by atoms with Crippen LogP contribution in [0.15, 0.2) is 41.0 Å².